The van der Waals surface area contributed by atoms with E-state index in [9.17, 15) is 13.2 Å². The lowest BCUT2D eigenvalue weighted by atomic mass is 10.0. The summed E-state index contributed by atoms with van der Waals surface area (Å²) in [5.74, 6) is -0.388. The van der Waals surface area contributed by atoms with Crippen LogP contribution in [0.4, 0.5) is 5.69 Å². The largest absolute Gasteiger partial charge is 0.288 e. The summed E-state index contributed by atoms with van der Waals surface area (Å²) in [6, 6.07) is 15.8. The topological polar surface area (TPSA) is 67.3 Å². The third-order valence-corrected chi connectivity index (χ3v) is 6.79. The number of rotatable bonds is 8. The van der Waals surface area contributed by atoms with Crippen LogP contribution in [0.2, 0.25) is 10.2 Å². The Morgan fingerprint density at radius 3 is 2.40 bits per heavy atom. The fourth-order valence-corrected chi connectivity index (χ4v) is 4.79. The van der Waals surface area contributed by atoms with E-state index < -0.39 is 10.0 Å². The van der Waals surface area contributed by atoms with E-state index in [0.717, 1.165) is 6.42 Å². The average Bonchev–Trinajstić information content (AvgIpc) is 2.75. The molecule has 5 nitrogen and oxygen atoms in total. The predicted octanol–water partition coefficient (Wildman–Crippen LogP) is 5.61. The minimum Gasteiger partial charge on any atom is -0.288 e. The quantitative estimate of drug-likeness (QED) is 0.322. The zero-order valence-corrected chi connectivity index (χ0v) is 18.6. The standard InChI is InChI=1S/C22H20Cl2N2O3S/c1-2-3-13-26(30(28,29)18-7-5-4-6-8-18)20-11-10-17(23)14-19(20)22(27)16-9-12-21(24)25-15-16/h4-12,14-15H,2-3,13H2,1H3. The number of hydrogen-bond donors (Lipinski definition) is 0. The lowest BCUT2D eigenvalue weighted by Crippen LogP contribution is -2.33. The zero-order valence-electron chi connectivity index (χ0n) is 16.3. The first-order valence-corrected chi connectivity index (χ1v) is 11.6. The number of ketones is 1. The Balaban J connectivity index is 2.15. The summed E-state index contributed by atoms with van der Waals surface area (Å²) in [5.41, 5.74) is 0.745. The number of aromatic nitrogens is 1. The van der Waals surface area contributed by atoms with Crippen LogP contribution in [0.1, 0.15) is 35.7 Å². The van der Waals surface area contributed by atoms with Crippen LogP contribution in [0.5, 0.6) is 0 Å². The lowest BCUT2D eigenvalue weighted by molar-refractivity contribution is 0.103. The molecule has 0 radical (unpaired) electrons. The van der Waals surface area contributed by atoms with Gasteiger partial charge in [0.25, 0.3) is 10.0 Å². The molecule has 0 unspecified atom stereocenters. The molecule has 0 aliphatic rings. The first-order valence-electron chi connectivity index (χ1n) is 9.38. The van der Waals surface area contributed by atoms with Gasteiger partial charge in [-0.2, -0.15) is 0 Å². The zero-order chi connectivity index (χ0) is 21.7. The van der Waals surface area contributed by atoms with Crippen molar-refractivity contribution >= 4 is 44.7 Å². The van der Waals surface area contributed by atoms with Crippen LogP contribution in [0.15, 0.2) is 71.8 Å². The van der Waals surface area contributed by atoms with Crippen molar-refractivity contribution in [2.45, 2.75) is 24.7 Å². The van der Waals surface area contributed by atoms with E-state index in [1.54, 1.807) is 36.4 Å². The molecule has 1 heterocycles. The molecule has 3 rings (SSSR count). The highest BCUT2D eigenvalue weighted by atomic mass is 35.5. The molecule has 0 aliphatic carbocycles. The SMILES string of the molecule is CCCCN(c1ccc(Cl)cc1C(=O)c1ccc(Cl)nc1)S(=O)(=O)c1ccccc1. The summed E-state index contributed by atoms with van der Waals surface area (Å²) in [7, 11) is -3.88. The van der Waals surface area contributed by atoms with Crippen molar-refractivity contribution in [1.82, 2.24) is 4.98 Å². The Bertz CT molecular complexity index is 1130. The molecule has 1 aromatic heterocycles. The monoisotopic (exact) mass is 462 g/mol. The number of hydrogen-bond acceptors (Lipinski definition) is 4. The fraction of sp³-hybridized carbons (Fsp3) is 0.182. The Morgan fingerprint density at radius 1 is 1.03 bits per heavy atom. The van der Waals surface area contributed by atoms with Gasteiger partial charge < -0.3 is 0 Å². The number of pyridine rings is 1. The molecule has 2 aromatic carbocycles. The molecular formula is C22H20Cl2N2O3S. The van der Waals surface area contributed by atoms with Gasteiger partial charge in [0.1, 0.15) is 5.15 Å². The summed E-state index contributed by atoms with van der Waals surface area (Å²) in [4.78, 5) is 17.3. The van der Waals surface area contributed by atoms with Crippen molar-refractivity contribution in [2.75, 3.05) is 10.8 Å². The molecule has 0 atom stereocenters. The molecule has 0 aliphatic heterocycles. The van der Waals surface area contributed by atoms with Crippen molar-refractivity contribution in [1.29, 1.82) is 0 Å². The maximum Gasteiger partial charge on any atom is 0.264 e. The van der Waals surface area contributed by atoms with Crippen molar-refractivity contribution in [3.8, 4) is 0 Å². The summed E-state index contributed by atoms with van der Waals surface area (Å²) < 4.78 is 28.1. The van der Waals surface area contributed by atoms with E-state index in [1.807, 2.05) is 6.92 Å². The summed E-state index contributed by atoms with van der Waals surface area (Å²) in [5, 5.41) is 0.589. The molecule has 156 valence electrons. The normalized spacial score (nSPS) is 11.3. The van der Waals surface area contributed by atoms with Crippen molar-refractivity contribution in [3.05, 3.63) is 88.2 Å². The first kappa shape index (κ1) is 22.3. The van der Waals surface area contributed by atoms with Crippen LogP contribution in [-0.4, -0.2) is 25.7 Å². The van der Waals surface area contributed by atoms with Gasteiger partial charge in [0.05, 0.1) is 10.6 Å². The number of sulfonamides is 1. The second-order valence-electron chi connectivity index (χ2n) is 6.60. The maximum absolute atomic E-state index is 13.4. The number of unbranched alkanes of at least 4 members (excludes halogenated alkanes) is 1. The summed E-state index contributed by atoms with van der Waals surface area (Å²) >= 11 is 12.0. The van der Waals surface area contributed by atoms with Crippen LogP contribution in [0, 0.1) is 0 Å². The van der Waals surface area contributed by atoms with Gasteiger partial charge in [0.2, 0.25) is 0 Å². The molecule has 3 aromatic rings. The van der Waals surface area contributed by atoms with Gasteiger partial charge in [-0.3, -0.25) is 9.10 Å². The Morgan fingerprint density at radius 2 is 1.77 bits per heavy atom. The van der Waals surface area contributed by atoms with Crippen molar-refractivity contribution in [2.24, 2.45) is 0 Å². The molecular weight excluding hydrogens is 443 g/mol. The fourth-order valence-electron chi connectivity index (χ4n) is 2.96. The Kier molecular flexibility index (Phi) is 7.13. The molecule has 0 amide bonds. The molecule has 0 bridgehead atoms. The molecule has 0 fully saturated rings. The van der Waals surface area contributed by atoms with E-state index in [-0.39, 0.29) is 39.2 Å². The minimum atomic E-state index is -3.88. The van der Waals surface area contributed by atoms with E-state index in [4.69, 9.17) is 23.2 Å². The lowest BCUT2D eigenvalue weighted by Gasteiger charge is -2.26. The molecule has 0 saturated heterocycles. The third kappa shape index (κ3) is 4.83. The van der Waals surface area contributed by atoms with Gasteiger partial charge >= 0.3 is 0 Å². The van der Waals surface area contributed by atoms with Crippen LogP contribution < -0.4 is 4.31 Å². The maximum atomic E-state index is 13.4. The van der Waals surface area contributed by atoms with Gasteiger partial charge in [0.15, 0.2) is 5.78 Å². The van der Waals surface area contributed by atoms with Crippen LogP contribution in [0.3, 0.4) is 0 Å². The number of halogens is 2. The van der Waals surface area contributed by atoms with Gasteiger partial charge in [0, 0.05) is 28.9 Å². The molecule has 30 heavy (non-hydrogen) atoms. The first-order chi connectivity index (χ1) is 14.3. The van der Waals surface area contributed by atoms with Gasteiger partial charge in [-0.25, -0.2) is 13.4 Å². The van der Waals surface area contributed by atoms with Crippen molar-refractivity contribution < 1.29 is 13.2 Å². The predicted molar refractivity (Wildman–Crippen MR) is 120 cm³/mol. The second-order valence-corrected chi connectivity index (χ2v) is 9.29. The van der Waals surface area contributed by atoms with Gasteiger partial charge in [-0.1, -0.05) is 54.7 Å². The number of carbonyl (C=O) groups excluding carboxylic acids is 1. The van der Waals surface area contributed by atoms with Crippen molar-refractivity contribution in [3.63, 3.8) is 0 Å². The number of benzene rings is 2. The van der Waals surface area contributed by atoms with Gasteiger partial charge in [-0.05, 0) is 48.9 Å². The van der Waals surface area contributed by atoms with Crippen LogP contribution in [0.25, 0.3) is 0 Å². The highest BCUT2D eigenvalue weighted by molar-refractivity contribution is 7.92. The summed E-state index contributed by atoms with van der Waals surface area (Å²) in [6.45, 7) is 2.20. The molecule has 0 saturated carbocycles. The third-order valence-electron chi connectivity index (χ3n) is 4.51. The van der Waals surface area contributed by atoms with E-state index in [0.29, 0.717) is 11.4 Å². The number of nitrogens with zero attached hydrogens (tertiary/aromatic N) is 2. The van der Waals surface area contributed by atoms with E-state index in [2.05, 4.69) is 4.98 Å². The molecule has 0 spiro atoms. The Hall–Kier alpha value is -2.41. The minimum absolute atomic E-state index is 0.155. The average molecular weight is 463 g/mol. The Labute approximate surface area is 186 Å². The van der Waals surface area contributed by atoms with E-state index in [1.165, 1.54) is 34.8 Å². The van der Waals surface area contributed by atoms with Crippen LogP contribution in [-0.2, 0) is 10.0 Å². The highest BCUT2D eigenvalue weighted by Gasteiger charge is 2.28. The second kappa shape index (κ2) is 9.60. The summed E-state index contributed by atoms with van der Waals surface area (Å²) in [6.07, 6.45) is 2.78. The smallest absolute Gasteiger partial charge is 0.264 e. The van der Waals surface area contributed by atoms with Gasteiger partial charge in [-0.15, -0.1) is 0 Å². The highest BCUT2D eigenvalue weighted by Crippen LogP contribution is 2.31. The number of carbonyl (C=O) groups is 1. The molecule has 0 N–H and O–H groups in total. The van der Waals surface area contributed by atoms with Crippen LogP contribution >= 0.6 is 23.2 Å². The van der Waals surface area contributed by atoms with E-state index >= 15 is 0 Å². The molecule has 8 heteroatoms. The number of anilines is 1.